The van der Waals surface area contributed by atoms with E-state index >= 15 is 0 Å². The first kappa shape index (κ1) is 21.9. The number of fused-ring (bicyclic) bond motifs is 1. The van der Waals surface area contributed by atoms with Gasteiger partial charge in [-0.25, -0.2) is 4.79 Å². The zero-order valence-corrected chi connectivity index (χ0v) is 19.4. The fraction of sp³-hybridized carbons (Fsp3) is 0.435. The van der Waals surface area contributed by atoms with Crippen LogP contribution in [0.2, 0.25) is 0 Å². The van der Waals surface area contributed by atoms with Crippen molar-refractivity contribution >= 4 is 40.5 Å². The van der Waals surface area contributed by atoms with Gasteiger partial charge in [0.05, 0.1) is 12.0 Å². The number of carbonyl (C=O) groups excluding carboxylic acids is 2. The van der Waals surface area contributed by atoms with Crippen LogP contribution >= 0.6 is 23.6 Å². The van der Waals surface area contributed by atoms with E-state index in [1.54, 1.807) is 28.4 Å². The molecule has 164 valence electrons. The normalized spacial score (nSPS) is 25.2. The lowest BCUT2D eigenvalue weighted by atomic mass is 9.74. The Morgan fingerprint density at radius 1 is 1.23 bits per heavy atom. The highest BCUT2D eigenvalue weighted by Crippen LogP contribution is 2.50. The summed E-state index contributed by atoms with van der Waals surface area (Å²) in [6.07, 6.45) is -0.845. The molecule has 2 fully saturated rings. The molecule has 0 aliphatic carbocycles. The summed E-state index contributed by atoms with van der Waals surface area (Å²) in [7, 11) is 0. The van der Waals surface area contributed by atoms with Crippen molar-refractivity contribution < 1.29 is 19.1 Å². The third-order valence-corrected chi connectivity index (χ3v) is 7.08. The number of carbonyl (C=O) groups is 2. The molecule has 1 aromatic carbocycles. The second-order valence-electron chi connectivity index (χ2n) is 8.97. The van der Waals surface area contributed by atoms with Crippen LogP contribution in [0.3, 0.4) is 0 Å². The van der Waals surface area contributed by atoms with Gasteiger partial charge in [-0.15, -0.1) is 11.3 Å². The molecule has 2 saturated heterocycles. The molecule has 31 heavy (non-hydrogen) atoms. The molecule has 1 N–H and O–H groups in total. The van der Waals surface area contributed by atoms with E-state index in [1.165, 1.54) is 0 Å². The van der Waals surface area contributed by atoms with Crippen LogP contribution < -0.4 is 5.32 Å². The van der Waals surface area contributed by atoms with Crippen LogP contribution in [0, 0.1) is 5.92 Å². The lowest BCUT2D eigenvalue weighted by Gasteiger charge is -2.33. The number of nitrogens with one attached hydrogen (secondary N) is 1. The van der Waals surface area contributed by atoms with Gasteiger partial charge in [-0.05, 0) is 44.4 Å². The summed E-state index contributed by atoms with van der Waals surface area (Å²) in [4.78, 5) is 28.7. The lowest BCUT2D eigenvalue weighted by Crippen LogP contribution is -2.51. The molecule has 0 bridgehead atoms. The highest BCUT2D eigenvalue weighted by molar-refractivity contribution is 7.80. The average Bonchev–Trinajstić information content (AvgIpc) is 3.42. The van der Waals surface area contributed by atoms with E-state index < -0.39 is 17.1 Å². The highest BCUT2D eigenvalue weighted by Gasteiger charge is 2.61. The van der Waals surface area contributed by atoms with Crippen LogP contribution in [0.15, 0.2) is 47.8 Å². The van der Waals surface area contributed by atoms with E-state index in [1.807, 2.05) is 50.4 Å². The first-order valence-electron chi connectivity index (χ1n) is 10.2. The van der Waals surface area contributed by atoms with Gasteiger partial charge < -0.3 is 19.7 Å². The van der Waals surface area contributed by atoms with Crippen molar-refractivity contribution in [2.24, 2.45) is 5.92 Å². The molecule has 8 heteroatoms. The Hall–Kier alpha value is -2.29. The molecule has 2 aromatic rings. The van der Waals surface area contributed by atoms with Crippen molar-refractivity contribution in [3.8, 4) is 0 Å². The Morgan fingerprint density at radius 3 is 2.61 bits per heavy atom. The Balaban J connectivity index is 1.59. The summed E-state index contributed by atoms with van der Waals surface area (Å²) in [5.74, 6) is -0.198. The lowest BCUT2D eigenvalue weighted by molar-refractivity contribution is 0.0236. The molecule has 3 unspecified atom stereocenters. The summed E-state index contributed by atoms with van der Waals surface area (Å²) >= 11 is 7.28. The number of ether oxygens (including phenoxy) is 2. The van der Waals surface area contributed by atoms with Gasteiger partial charge in [-0.2, -0.15) is 0 Å². The maximum atomic E-state index is 12.8. The molecule has 2 amide bonds. The van der Waals surface area contributed by atoms with Crippen LogP contribution in [-0.2, 0) is 14.9 Å². The minimum Gasteiger partial charge on any atom is -0.444 e. The number of amides is 2. The molecule has 2 aliphatic rings. The predicted octanol–water partition coefficient (Wildman–Crippen LogP) is 4.01. The van der Waals surface area contributed by atoms with Gasteiger partial charge in [0.25, 0.3) is 5.91 Å². The van der Waals surface area contributed by atoms with Gasteiger partial charge in [0.2, 0.25) is 0 Å². The summed E-state index contributed by atoms with van der Waals surface area (Å²) < 4.78 is 11.8. The minimum absolute atomic E-state index is 0.0650. The van der Waals surface area contributed by atoms with E-state index in [2.05, 4.69) is 11.4 Å². The minimum atomic E-state index is -0.570. The Kier molecular flexibility index (Phi) is 5.89. The van der Waals surface area contributed by atoms with E-state index in [9.17, 15) is 9.59 Å². The monoisotopic (exact) mass is 458 g/mol. The molecular weight excluding hydrogens is 432 g/mol. The van der Waals surface area contributed by atoms with Gasteiger partial charge in [-0.1, -0.05) is 36.5 Å². The SMILES string of the molecule is CC(C)(C)OC(=O)N1CC2COC(C(=S)NC(=O)c3ccccc3)C2(c2cccs2)C1. The molecule has 0 spiro atoms. The van der Waals surface area contributed by atoms with Crippen molar-refractivity contribution in [3.63, 3.8) is 0 Å². The number of likely N-dealkylation sites (tertiary alicyclic amines) is 1. The van der Waals surface area contributed by atoms with Crippen molar-refractivity contribution in [3.05, 3.63) is 58.3 Å². The fourth-order valence-electron chi connectivity index (χ4n) is 4.36. The van der Waals surface area contributed by atoms with Gasteiger partial charge in [0, 0.05) is 29.4 Å². The van der Waals surface area contributed by atoms with Crippen molar-refractivity contribution in [2.75, 3.05) is 19.7 Å². The van der Waals surface area contributed by atoms with E-state index in [0.717, 1.165) is 4.88 Å². The number of rotatable bonds is 3. The first-order valence-corrected chi connectivity index (χ1v) is 11.5. The van der Waals surface area contributed by atoms with Gasteiger partial charge in [-0.3, -0.25) is 4.79 Å². The maximum Gasteiger partial charge on any atom is 0.410 e. The number of benzene rings is 1. The van der Waals surface area contributed by atoms with Gasteiger partial charge in [0.15, 0.2) is 0 Å². The summed E-state index contributed by atoms with van der Waals surface area (Å²) in [5.41, 5.74) is -0.544. The van der Waals surface area contributed by atoms with E-state index in [-0.39, 0.29) is 17.9 Å². The van der Waals surface area contributed by atoms with Crippen LogP contribution in [-0.4, -0.2) is 53.3 Å². The molecule has 3 atom stereocenters. The summed E-state index contributed by atoms with van der Waals surface area (Å²) in [6.45, 7) is 6.99. The molecule has 1 aromatic heterocycles. The standard InChI is InChI=1S/C23H26N2O4S2/c1-22(2,3)29-21(27)25-12-16-13-28-18(23(16,14-25)17-10-7-11-31-17)20(30)24-19(26)15-8-5-4-6-9-15/h4-11,16,18H,12-14H2,1-3H3,(H,24,26,30). The smallest absolute Gasteiger partial charge is 0.410 e. The number of thiocarbonyl (C=S) groups is 1. The number of nitrogens with zero attached hydrogens (tertiary/aromatic N) is 1. The van der Waals surface area contributed by atoms with Gasteiger partial charge in [0.1, 0.15) is 16.7 Å². The Morgan fingerprint density at radius 2 is 1.97 bits per heavy atom. The van der Waals surface area contributed by atoms with E-state index in [4.69, 9.17) is 21.7 Å². The van der Waals surface area contributed by atoms with Crippen molar-refractivity contribution in [1.29, 1.82) is 0 Å². The molecular formula is C23H26N2O4S2. The van der Waals surface area contributed by atoms with Crippen LogP contribution in [0.5, 0.6) is 0 Å². The predicted molar refractivity (Wildman–Crippen MR) is 124 cm³/mol. The van der Waals surface area contributed by atoms with E-state index in [0.29, 0.717) is 30.2 Å². The summed E-state index contributed by atoms with van der Waals surface area (Å²) in [5, 5.41) is 4.87. The van der Waals surface area contributed by atoms with Crippen LogP contribution in [0.25, 0.3) is 0 Å². The number of hydrogen-bond acceptors (Lipinski definition) is 6. The molecule has 0 saturated carbocycles. The Bertz CT molecular complexity index is 971. The van der Waals surface area contributed by atoms with Crippen LogP contribution in [0.4, 0.5) is 4.79 Å². The Labute approximate surface area is 191 Å². The largest absolute Gasteiger partial charge is 0.444 e. The first-order chi connectivity index (χ1) is 14.7. The average molecular weight is 459 g/mol. The zero-order chi connectivity index (χ0) is 22.2. The summed E-state index contributed by atoms with van der Waals surface area (Å²) in [6, 6.07) is 13.0. The molecule has 3 heterocycles. The molecule has 6 nitrogen and oxygen atoms in total. The molecule has 4 rings (SSSR count). The van der Waals surface area contributed by atoms with Crippen molar-refractivity contribution in [1.82, 2.24) is 10.2 Å². The van der Waals surface area contributed by atoms with Crippen molar-refractivity contribution in [2.45, 2.75) is 37.9 Å². The maximum absolute atomic E-state index is 12.8. The number of thiophene rings is 1. The third-order valence-electron chi connectivity index (χ3n) is 5.70. The molecule has 2 aliphatic heterocycles. The quantitative estimate of drug-likeness (QED) is 0.704. The molecule has 0 radical (unpaired) electrons. The second kappa shape index (κ2) is 8.33. The van der Waals surface area contributed by atoms with Gasteiger partial charge >= 0.3 is 6.09 Å². The second-order valence-corrected chi connectivity index (χ2v) is 10.4. The third kappa shape index (κ3) is 4.24. The number of hydrogen-bond donors (Lipinski definition) is 1. The zero-order valence-electron chi connectivity index (χ0n) is 17.8. The van der Waals surface area contributed by atoms with Crippen LogP contribution in [0.1, 0.15) is 36.0 Å². The highest BCUT2D eigenvalue weighted by atomic mass is 32.1. The fourth-order valence-corrected chi connectivity index (χ4v) is 5.75. The topological polar surface area (TPSA) is 67.9 Å².